The van der Waals surface area contributed by atoms with E-state index < -0.39 is 0 Å². The lowest BCUT2D eigenvalue weighted by atomic mass is 10.2. The smallest absolute Gasteiger partial charge is 0.254 e. The number of hydroxylamine groups is 2. The number of imide groups is 1. The molecule has 4 nitrogen and oxygen atoms in total. The Morgan fingerprint density at radius 1 is 1.12 bits per heavy atom. The average Bonchev–Trinajstić information content (AvgIpc) is 2.59. The van der Waals surface area contributed by atoms with Gasteiger partial charge in [0, 0.05) is 12.8 Å². The number of carbonyl (C=O) groups is 2. The van der Waals surface area contributed by atoms with Crippen LogP contribution in [0, 0.1) is 6.92 Å². The molecule has 0 unspecified atom stereocenters. The SMILES string of the molecule is Cc1ccc(CON2C(=O)CCC2=O)cc1. The van der Waals surface area contributed by atoms with Gasteiger partial charge in [0.15, 0.2) is 0 Å². The average molecular weight is 219 g/mol. The summed E-state index contributed by atoms with van der Waals surface area (Å²) < 4.78 is 0. The first kappa shape index (κ1) is 10.8. The third-order valence-corrected chi connectivity index (χ3v) is 2.49. The molecule has 0 N–H and O–H groups in total. The van der Waals surface area contributed by atoms with E-state index in [9.17, 15) is 9.59 Å². The molecule has 1 saturated heterocycles. The normalized spacial score (nSPS) is 15.9. The summed E-state index contributed by atoms with van der Waals surface area (Å²) in [4.78, 5) is 27.7. The van der Waals surface area contributed by atoms with Gasteiger partial charge in [-0.1, -0.05) is 29.8 Å². The maximum absolute atomic E-state index is 11.2. The van der Waals surface area contributed by atoms with E-state index in [-0.39, 0.29) is 31.3 Å². The van der Waals surface area contributed by atoms with Gasteiger partial charge in [-0.25, -0.2) is 0 Å². The number of nitrogens with zero attached hydrogens (tertiary/aromatic N) is 1. The van der Waals surface area contributed by atoms with Gasteiger partial charge >= 0.3 is 0 Å². The second-order valence-corrected chi connectivity index (χ2v) is 3.84. The minimum absolute atomic E-state index is 0.248. The van der Waals surface area contributed by atoms with Crippen LogP contribution in [0.5, 0.6) is 0 Å². The molecule has 1 aromatic rings. The second kappa shape index (κ2) is 4.45. The zero-order valence-electron chi connectivity index (χ0n) is 9.10. The lowest BCUT2D eigenvalue weighted by Gasteiger charge is -2.13. The van der Waals surface area contributed by atoms with Crippen LogP contribution in [0.3, 0.4) is 0 Å². The highest BCUT2D eigenvalue weighted by Gasteiger charge is 2.30. The quantitative estimate of drug-likeness (QED) is 0.725. The summed E-state index contributed by atoms with van der Waals surface area (Å²) in [7, 11) is 0. The highest BCUT2D eigenvalue weighted by molar-refractivity contribution is 6.00. The fourth-order valence-corrected chi connectivity index (χ4v) is 1.52. The number of benzene rings is 1. The molecule has 0 aliphatic carbocycles. The van der Waals surface area contributed by atoms with Crippen molar-refractivity contribution in [2.45, 2.75) is 26.4 Å². The lowest BCUT2D eigenvalue weighted by molar-refractivity contribution is -0.191. The van der Waals surface area contributed by atoms with Gasteiger partial charge in [-0.15, -0.1) is 0 Å². The van der Waals surface area contributed by atoms with Crippen molar-refractivity contribution in [3.63, 3.8) is 0 Å². The number of aryl methyl sites for hydroxylation is 1. The Balaban J connectivity index is 1.94. The summed E-state index contributed by atoms with van der Waals surface area (Å²) in [6.07, 6.45) is 0.513. The minimum Gasteiger partial charge on any atom is -0.272 e. The molecule has 1 heterocycles. The Bertz CT molecular complexity index is 395. The van der Waals surface area contributed by atoms with Gasteiger partial charge in [0.1, 0.15) is 6.61 Å². The van der Waals surface area contributed by atoms with E-state index in [0.29, 0.717) is 0 Å². The van der Waals surface area contributed by atoms with Crippen molar-refractivity contribution in [3.05, 3.63) is 35.4 Å². The van der Waals surface area contributed by atoms with Crippen LogP contribution >= 0.6 is 0 Å². The van der Waals surface area contributed by atoms with Crippen molar-refractivity contribution >= 4 is 11.8 Å². The van der Waals surface area contributed by atoms with E-state index in [2.05, 4.69) is 0 Å². The van der Waals surface area contributed by atoms with E-state index in [1.165, 1.54) is 0 Å². The second-order valence-electron chi connectivity index (χ2n) is 3.84. The van der Waals surface area contributed by atoms with E-state index >= 15 is 0 Å². The monoisotopic (exact) mass is 219 g/mol. The van der Waals surface area contributed by atoms with E-state index in [4.69, 9.17) is 4.84 Å². The first-order valence-corrected chi connectivity index (χ1v) is 5.21. The predicted molar refractivity (Wildman–Crippen MR) is 57.1 cm³/mol. The van der Waals surface area contributed by atoms with E-state index in [1.54, 1.807) is 0 Å². The van der Waals surface area contributed by atoms with Gasteiger partial charge in [0.05, 0.1) is 0 Å². The molecule has 0 spiro atoms. The van der Waals surface area contributed by atoms with Crippen molar-refractivity contribution in [2.24, 2.45) is 0 Å². The Kier molecular flexibility index (Phi) is 3.01. The number of hydrogen-bond acceptors (Lipinski definition) is 3. The van der Waals surface area contributed by atoms with Gasteiger partial charge in [0.25, 0.3) is 11.8 Å². The highest BCUT2D eigenvalue weighted by Crippen LogP contribution is 2.14. The van der Waals surface area contributed by atoms with Gasteiger partial charge in [-0.3, -0.25) is 14.4 Å². The van der Waals surface area contributed by atoms with Gasteiger partial charge in [-0.05, 0) is 12.5 Å². The first-order valence-electron chi connectivity index (χ1n) is 5.21. The Labute approximate surface area is 93.8 Å². The summed E-state index contributed by atoms with van der Waals surface area (Å²) in [5.41, 5.74) is 2.11. The molecule has 1 fully saturated rings. The molecular formula is C12H13NO3. The summed E-state index contributed by atoms with van der Waals surface area (Å²) in [6, 6.07) is 7.76. The van der Waals surface area contributed by atoms with Crippen LogP contribution in [-0.2, 0) is 21.0 Å². The molecular weight excluding hydrogens is 206 g/mol. The summed E-state index contributed by atoms with van der Waals surface area (Å²) in [6.45, 7) is 2.25. The molecule has 0 bridgehead atoms. The first-order chi connectivity index (χ1) is 7.66. The third-order valence-electron chi connectivity index (χ3n) is 2.49. The maximum atomic E-state index is 11.2. The standard InChI is InChI=1S/C12H13NO3/c1-9-2-4-10(5-3-9)8-16-13-11(14)6-7-12(13)15/h2-5H,6-8H2,1H3. The van der Waals surface area contributed by atoms with Gasteiger partial charge in [0.2, 0.25) is 0 Å². The number of amides is 2. The largest absolute Gasteiger partial charge is 0.272 e. The lowest BCUT2D eigenvalue weighted by Crippen LogP contribution is -2.28. The fourth-order valence-electron chi connectivity index (χ4n) is 1.52. The van der Waals surface area contributed by atoms with Crippen molar-refractivity contribution in [2.75, 3.05) is 0 Å². The molecule has 0 saturated carbocycles. The molecule has 1 aliphatic heterocycles. The van der Waals surface area contributed by atoms with Crippen molar-refractivity contribution in [1.29, 1.82) is 0 Å². The van der Waals surface area contributed by atoms with Gasteiger partial charge < -0.3 is 0 Å². The number of rotatable bonds is 3. The molecule has 1 aliphatic rings. The van der Waals surface area contributed by atoms with E-state index in [0.717, 1.165) is 16.2 Å². The summed E-state index contributed by atoms with van der Waals surface area (Å²) in [5, 5.41) is 0.875. The molecule has 0 radical (unpaired) electrons. The summed E-state index contributed by atoms with van der Waals surface area (Å²) in [5.74, 6) is -0.505. The highest BCUT2D eigenvalue weighted by atomic mass is 16.7. The van der Waals surface area contributed by atoms with Crippen LogP contribution in [0.4, 0.5) is 0 Å². The Morgan fingerprint density at radius 2 is 1.69 bits per heavy atom. The third kappa shape index (κ3) is 2.28. The van der Waals surface area contributed by atoms with Crippen LogP contribution in [0.2, 0.25) is 0 Å². The molecule has 0 aromatic heterocycles. The molecule has 2 amide bonds. The van der Waals surface area contributed by atoms with E-state index in [1.807, 2.05) is 31.2 Å². The molecule has 84 valence electrons. The van der Waals surface area contributed by atoms with Crippen molar-refractivity contribution in [3.8, 4) is 0 Å². The summed E-state index contributed by atoms with van der Waals surface area (Å²) >= 11 is 0. The molecule has 4 heteroatoms. The fraction of sp³-hybridized carbons (Fsp3) is 0.333. The van der Waals surface area contributed by atoms with Gasteiger partial charge in [-0.2, -0.15) is 5.06 Å². The van der Waals surface area contributed by atoms with Crippen LogP contribution in [0.25, 0.3) is 0 Å². The predicted octanol–water partition coefficient (Wildman–Crippen LogP) is 1.58. The maximum Gasteiger partial charge on any atom is 0.254 e. The van der Waals surface area contributed by atoms with Crippen LogP contribution < -0.4 is 0 Å². The molecule has 16 heavy (non-hydrogen) atoms. The van der Waals surface area contributed by atoms with Crippen molar-refractivity contribution in [1.82, 2.24) is 5.06 Å². The zero-order chi connectivity index (χ0) is 11.5. The minimum atomic E-state index is -0.253. The van der Waals surface area contributed by atoms with Crippen LogP contribution in [0.1, 0.15) is 24.0 Å². The molecule has 2 rings (SSSR count). The molecule has 1 aromatic carbocycles. The number of carbonyl (C=O) groups excluding carboxylic acids is 2. The van der Waals surface area contributed by atoms with Crippen molar-refractivity contribution < 1.29 is 14.4 Å². The van der Waals surface area contributed by atoms with Crippen LogP contribution in [-0.4, -0.2) is 16.9 Å². The number of hydrogen-bond donors (Lipinski definition) is 0. The van der Waals surface area contributed by atoms with Crippen LogP contribution in [0.15, 0.2) is 24.3 Å². The Hall–Kier alpha value is -1.68. The zero-order valence-corrected chi connectivity index (χ0v) is 9.10. The Morgan fingerprint density at radius 3 is 2.25 bits per heavy atom. The topological polar surface area (TPSA) is 46.6 Å². The molecule has 0 atom stereocenters.